The Labute approximate surface area is 234 Å². The molecule has 14 heteroatoms. The number of amides is 2. The molecule has 2 fully saturated rings. The van der Waals surface area contributed by atoms with Gasteiger partial charge in [-0.3, -0.25) is 9.59 Å². The third-order valence-corrected chi connectivity index (χ3v) is 7.51. The predicted octanol–water partition coefficient (Wildman–Crippen LogP) is -2.50. The molecular weight excluding hydrogens is 532 g/mol. The number of rotatable bonds is 17. The van der Waals surface area contributed by atoms with E-state index in [9.17, 15) is 40.2 Å². The SMILES string of the molecule is O=C(CCCCCCCCCCCCC(=O)N[C@H]1C(O)O[C@H](CO)[C@@H](O)[C@@H]1O)N[C@H]1C(O)O[C@H](CO)[C@@H](O)[C@@H]1O. The van der Waals surface area contributed by atoms with Crippen molar-refractivity contribution in [2.45, 2.75) is 138 Å². The zero-order chi connectivity index (χ0) is 29.7. The molecule has 0 aromatic heterocycles. The smallest absolute Gasteiger partial charge is 0.220 e. The third-order valence-electron chi connectivity index (χ3n) is 7.51. The monoisotopic (exact) mass is 580 g/mol. The van der Waals surface area contributed by atoms with E-state index in [1.165, 1.54) is 0 Å². The highest BCUT2D eigenvalue weighted by atomic mass is 16.6. The maximum atomic E-state index is 12.1. The summed E-state index contributed by atoms with van der Waals surface area (Å²) in [5.41, 5.74) is 0. The van der Waals surface area contributed by atoms with Gasteiger partial charge in [0.15, 0.2) is 12.6 Å². The van der Waals surface area contributed by atoms with Gasteiger partial charge in [-0.15, -0.1) is 0 Å². The first-order valence-corrected chi connectivity index (χ1v) is 14.3. The first kappa shape index (κ1) is 34.7. The van der Waals surface area contributed by atoms with Crippen molar-refractivity contribution < 1.29 is 59.9 Å². The van der Waals surface area contributed by atoms with Crippen molar-refractivity contribution in [2.24, 2.45) is 0 Å². The molecule has 10 N–H and O–H groups in total. The van der Waals surface area contributed by atoms with E-state index in [4.69, 9.17) is 19.7 Å². The Morgan fingerprint density at radius 3 is 1.10 bits per heavy atom. The highest BCUT2D eigenvalue weighted by Gasteiger charge is 2.45. The minimum atomic E-state index is -1.52. The number of hydrogen-bond acceptors (Lipinski definition) is 12. The van der Waals surface area contributed by atoms with E-state index in [1.54, 1.807) is 0 Å². The lowest BCUT2D eigenvalue weighted by Crippen LogP contribution is -2.64. The average Bonchev–Trinajstić information content (AvgIpc) is 2.93. The summed E-state index contributed by atoms with van der Waals surface area (Å²) in [5, 5.41) is 82.9. The molecule has 2 unspecified atom stereocenters. The van der Waals surface area contributed by atoms with Crippen LogP contribution in [0.4, 0.5) is 0 Å². The average molecular weight is 581 g/mol. The molecular formula is C26H48N2O12. The summed E-state index contributed by atoms with van der Waals surface area (Å²) in [6.45, 7) is -1.13. The van der Waals surface area contributed by atoms with Crippen molar-refractivity contribution in [3.8, 4) is 0 Å². The number of aliphatic hydroxyl groups excluding tert-OH is 8. The van der Waals surface area contributed by atoms with Crippen LogP contribution in [0.1, 0.15) is 77.0 Å². The van der Waals surface area contributed by atoms with Crippen LogP contribution in [-0.4, -0.2) is 127 Å². The summed E-state index contributed by atoms with van der Waals surface area (Å²) in [4.78, 5) is 24.3. The first-order valence-electron chi connectivity index (χ1n) is 14.3. The molecule has 2 aliphatic heterocycles. The van der Waals surface area contributed by atoms with Crippen LogP contribution in [-0.2, 0) is 19.1 Å². The molecule has 40 heavy (non-hydrogen) atoms. The summed E-state index contributed by atoms with van der Waals surface area (Å²) < 4.78 is 10.1. The van der Waals surface area contributed by atoms with Crippen molar-refractivity contribution in [2.75, 3.05) is 13.2 Å². The van der Waals surface area contributed by atoms with Crippen LogP contribution < -0.4 is 10.6 Å². The van der Waals surface area contributed by atoms with Gasteiger partial charge in [0.05, 0.1) is 13.2 Å². The van der Waals surface area contributed by atoms with Gasteiger partial charge in [0.25, 0.3) is 0 Å². The second kappa shape index (κ2) is 18.2. The molecule has 0 spiro atoms. The summed E-state index contributed by atoms with van der Waals surface area (Å²) in [6, 6.07) is -2.33. The summed E-state index contributed by atoms with van der Waals surface area (Å²) in [5.74, 6) is -0.718. The molecule has 2 aliphatic rings. The molecule has 2 saturated heterocycles. The van der Waals surface area contributed by atoms with Crippen molar-refractivity contribution in [1.82, 2.24) is 10.6 Å². The minimum Gasteiger partial charge on any atom is -0.394 e. The van der Waals surface area contributed by atoms with Gasteiger partial charge in [-0.25, -0.2) is 0 Å². The number of unbranched alkanes of at least 4 members (excludes halogenated alkanes) is 9. The number of aliphatic hydroxyl groups is 8. The van der Waals surface area contributed by atoms with Gasteiger partial charge >= 0.3 is 0 Å². The summed E-state index contributed by atoms with van der Waals surface area (Å²) >= 11 is 0. The van der Waals surface area contributed by atoms with Crippen LogP contribution in [0.2, 0.25) is 0 Å². The molecule has 14 nitrogen and oxygen atoms in total. The zero-order valence-corrected chi connectivity index (χ0v) is 22.9. The lowest BCUT2D eigenvalue weighted by Gasteiger charge is -2.40. The topological polar surface area (TPSA) is 238 Å². The normalized spacial score (nSPS) is 34.4. The van der Waals surface area contributed by atoms with Gasteiger partial charge in [0, 0.05) is 12.8 Å². The second-order valence-corrected chi connectivity index (χ2v) is 10.7. The highest BCUT2D eigenvalue weighted by molar-refractivity contribution is 5.76. The van der Waals surface area contributed by atoms with Crippen molar-refractivity contribution >= 4 is 11.8 Å². The van der Waals surface area contributed by atoms with Crippen molar-refractivity contribution in [3.63, 3.8) is 0 Å². The van der Waals surface area contributed by atoms with E-state index in [2.05, 4.69) is 10.6 Å². The molecule has 2 amide bonds. The number of ether oxygens (including phenoxy) is 2. The Bertz CT molecular complexity index is 686. The molecule has 10 atom stereocenters. The van der Waals surface area contributed by atoms with Crippen LogP contribution in [0.5, 0.6) is 0 Å². The predicted molar refractivity (Wildman–Crippen MR) is 139 cm³/mol. The fourth-order valence-corrected chi connectivity index (χ4v) is 5.01. The van der Waals surface area contributed by atoms with E-state index < -0.39 is 74.5 Å². The Morgan fingerprint density at radius 2 is 0.800 bits per heavy atom. The molecule has 0 aliphatic carbocycles. The maximum absolute atomic E-state index is 12.1. The van der Waals surface area contributed by atoms with Crippen LogP contribution in [0.25, 0.3) is 0 Å². The van der Waals surface area contributed by atoms with Crippen LogP contribution in [0.3, 0.4) is 0 Å². The Kier molecular flexibility index (Phi) is 15.8. The number of carbonyl (C=O) groups is 2. The molecule has 0 aromatic carbocycles. The molecule has 234 valence electrons. The fourth-order valence-electron chi connectivity index (χ4n) is 5.01. The van der Waals surface area contributed by atoms with E-state index in [-0.39, 0.29) is 24.7 Å². The lowest BCUT2D eigenvalue weighted by molar-refractivity contribution is -0.253. The van der Waals surface area contributed by atoms with Gasteiger partial charge in [-0.1, -0.05) is 51.4 Å². The number of carbonyl (C=O) groups excluding carboxylic acids is 2. The van der Waals surface area contributed by atoms with Gasteiger partial charge in [-0.05, 0) is 12.8 Å². The van der Waals surface area contributed by atoms with Crippen LogP contribution >= 0.6 is 0 Å². The van der Waals surface area contributed by atoms with Crippen molar-refractivity contribution in [1.29, 1.82) is 0 Å². The molecule has 2 rings (SSSR count). The molecule has 2 heterocycles. The quantitative estimate of drug-likeness (QED) is 0.0804. The van der Waals surface area contributed by atoms with Gasteiger partial charge in [-0.2, -0.15) is 0 Å². The van der Waals surface area contributed by atoms with E-state index in [0.717, 1.165) is 51.4 Å². The Balaban J connectivity index is 1.43. The van der Waals surface area contributed by atoms with E-state index in [0.29, 0.717) is 12.8 Å². The van der Waals surface area contributed by atoms with Crippen molar-refractivity contribution in [3.05, 3.63) is 0 Å². The van der Waals surface area contributed by atoms with Crippen LogP contribution in [0, 0.1) is 0 Å². The molecule has 0 radical (unpaired) electrons. The first-order chi connectivity index (χ1) is 19.1. The standard InChI is InChI=1S/C26H48N2O12/c29-13-15-21(33)23(35)19(25(37)39-15)27-17(31)11-9-7-5-3-1-2-4-6-8-10-12-18(32)28-20-24(36)22(34)16(14-30)40-26(20)38/h15-16,19-26,29-30,33-38H,1-14H2,(H,27,31)(H,28,32)/t15-,16-,19-,20-,21-,22-,23-,24-,25?,26?/m1/s1. The van der Waals surface area contributed by atoms with Gasteiger partial charge in [0.1, 0.15) is 48.7 Å². The molecule has 0 saturated carbocycles. The Hall–Kier alpha value is -1.46. The highest BCUT2D eigenvalue weighted by Crippen LogP contribution is 2.21. The van der Waals surface area contributed by atoms with Crippen LogP contribution in [0.15, 0.2) is 0 Å². The second-order valence-electron chi connectivity index (χ2n) is 10.7. The largest absolute Gasteiger partial charge is 0.394 e. The number of nitrogens with one attached hydrogen (secondary N) is 2. The Morgan fingerprint density at radius 1 is 0.500 bits per heavy atom. The lowest BCUT2D eigenvalue weighted by atomic mass is 9.97. The van der Waals surface area contributed by atoms with E-state index >= 15 is 0 Å². The summed E-state index contributed by atoms with van der Waals surface area (Å²) in [7, 11) is 0. The van der Waals surface area contributed by atoms with Gasteiger partial charge in [0.2, 0.25) is 11.8 Å². The minimum absolute atomic E-state index is 0.221. The third kappa shape index (κ3) is 10.7. The molecule has 0 aromatic rings. The van der Waals surface area contributed by atoms with Gasteiger partial charge < -0.3 is 61.0 Å². The zero-order valence-electron chi connectivity index (χ0n) is 22.9. The fraction of sp³-hybridized carbons (Fsp3) is 0.923. The molecule has 0 bridgehead atoms. The number of hydrogen-bond donors (Lipinski definition) is 10. The summed E-state index contributed by atoms with van der Waals surface area (Å²) in [6.07, 6.45) is -1.41. The maximum Gasteiger partial charge on any atom is 0.220 e. The van der Waals surface area contributed by atoms with E-state index in [1.807, 2.05) is 0 Å².